The van der Waals surface area contributed by atoms with Gasteiger partial charge in [0.15, 0.2) is 0 Å². The van der Waals surface area contributed by atoms with Crippen LogP contribution in [0.15, 0.2) is 48.0 Å². The Balaban J connectivity index is 1.53. The summed E-state index contributed by atoms with van der Waals surface area (Å²) >= 11 is 1.36. The van der Waals surface area contributed by atoms with Gasteiger partial charge in [0.1, 0.15) is 5.01 Å². The average Bonchev–Trinajstić information content (AvgIpc) is 3.22. The van der Waals surface area contributed by atoms with Gasteiger partial charge in [0, 0.05) is 24.7 Å². The normalized spacial score (nSPS) is 14.5. The standard InChI is InChI=1S/C21H19F3N4O2S/c22-21(23,24)14-4-5-18(28-7-9-30-10-8-28)17(11-14)27-19(29)12-15-13-31-20(26-15)16-3-1-2-6-25-16/h1-6,11,13H,7-10,12H2,(H,27,29). The summed E-state index contributed by atoms with van der Waals surface area (Å²) in [5.74, 6) is -0.438. The number of hydrogen-bond donors (Lipinski definition) is 1. The molecule has 4 rings (SSSR count). The van der Waals surface area contributed by atoms with Crippen molar-refractivity contribution < 1.29 is 22.7 Å². The number of benzene rings is 1. The van der Waals surface area contributed by atoms with E-state index in [0.29, 0.717) is 48.4 Å². The summed E-state index contributed by atoms with van der Waals surface area (Å²) in [7, 11) is 0. The van der Waals surface area contributed by atoms with Crippen molar-refractivity contribution in [3.8, 4) is 10.7 Å². The number of thiazole rings is 1. The predicted octanol–water partition coefficient (Wildman–Crippen LogP) is 4.24. The highest BCUT2D eigenvalue weighted by Gasteiger charge is 2.32. The highest BCUT2D eigenvalue weighted by atomic mass is 32.1. The topological polar surface area (TPSA) is 67.4 Å². The molecule has 1 aliphatic rings. The first-order chi connectivity index (χ1) is 14.9. The summed E-state index contributed by atoms with van der Waals surface area (Å²) in [6.45, 7) is 2.02. The summed E-state index contributed by atoms with van der Waals surface area (Å²) in [5, 5.41) is 5.07. The van der Waals surface area contributed by atoms with Crippen LogP contribution < -0.4 is 10.2 Å². The van der Waals surface area contributed by atoms with E-state index in [-0.39, 0.29) is 12.1 Å². The summed E-state index contributed by atoms with van der Waals surface area (Å²) in [6.07, 6.45) is -2.90. The molecule has 2 aromatic heterocycles. The SMILES string of the molecule is O=C(Cc1csc(-c2ccccn2)n1)Nc1cc(C(F)(F)F)ccc1N1CCOCC1. The molecule has 10 heteroatoms. The minimum atomic E-state index is -4.50. The summed E-state index contributed by atoms with van der Waals surface area (Å²) in [4.78, 5) is 23.2. The largest absolute Gasteiger partial charge is 0.416 e. The molecule has 3 heterocycles. The number of alkyl halides is 3. The van der Waals surface area contributed by atoms with Crippen LogP contribution in [-0.2, 0) is 22.1 Å². The number of rotatable bonds is 5. The van der Waals surface area contributed by atoms with Crippen LogP contribution in [0.5, 0.6) is 0 Å². The molecule has 0 atom stereocenters. The van der Waals surface area contributed by atoms with E-state index in [4.69, 9.17) is 4.74 Å². The number of anilines is 2. The second-order valence-electron chi connectivity index (χ2n) is 6.91. The first-order valence-corrected chi connectivity index (χ1v) is 10.5. The number of pyridine rings is 1. The minimum absolute atomic E-state index is 0.0534. The lowest BCUT2D eigenvalue weighted by molar-refractivity contribution is -0.137. The van der Waals surface area contributed by atoms with Crippen LogP contribution in [0.1, 0.15) is 11.3 Å². The maximum atomic E-state index is 13.2. The van der Waals surface area contributed by atoms with Crippen molar-refractivity contribution >= 4 is 28.6 Å². The fourth-order valence-electron chi connectivity index (χ4n) is 3.25. The van der Waals surface area contributed by atoms with Crippen molar-refractivity contribution in [2.45, 2.75) is 12.6 Å². The van der Waals surface area contributed by atoms with Gasteiger partial charge in [-0.3, -0.25) is 9.78 Å². The van der Waals surface area contributed by atoms with Crippen molar-refractivity contribution in [2.75, 3.05) is 36.5 Å². The van der Waals surface area contributed by atoms with E-state index in [9.17, 15) is 18.0 Å². The van der Waals surface area contributed by atoms with E-state index in [1.54, 1.807) is 17.6 Å². The Labute approximate surface area is 180 Å². The van der Waals surface area contributed by atoms with Gasteiger partial charge in [0.25, 0.3) is 0 Å². The van der Waals surface area contributed by atoms with Gasteiger partial charge in [-0.15, -0.1) is 11.3 Å². The van der Waals surface area contributed by atoms with Gasteiger partial charge in [0.2, 0.25) is 5.91 Å². The summed E-state index contributed by atoms with van der Waals surface area (Å²) in [5.41, 5.74) is 1.08. The molecule has 0 aliphatic carbocycles. The van der Waals surface area contributed by atoms with Gasteiger partial charge in [-0.05, 0) is 30.3 Å². The van der Waals surface area contributed by atoms with E-state index < -0.39 is 17.6 Å². The quantitative estimate of drug-likeness (QED) is 0.633. The lowest BCUT2D eigenvalue weighted by atomic mass is 10.1. The predicted molar refractivity (Wildman–Crippen MR) is 112 cm³/mol. The Hall–Kier alpha value is -2.98. The lowest BCUT2D eigenvalue weighted by Crippen LogP contribution is -2.37. The zero-order valence-electron chi connectivity index (χ0n) is 16.4. The smallest absolute Gasteiger partial charge is 0.378 e. The number of amides is 1. The molecule has 3 aromatic rings. The van der Waals surface area contributed by atoms with E-state index in [1.165, 1.54) is 17.4 Å². The molecule has 0 spiro atoms. The first-order valence-electron chi connectivity index (χ1n) is 9.60. The van der Waals surface area contributed by atoms with Gasteiger partial charge in [-0.1, -0.05) is 6.07 Å². The van der Waals surface area contributed by atoms with Gasteiger partial charge in [-0.2, -0.15) is 13.2 Å². The Bertz CT molecular complexity index is 1050. The monoisotopic (exact) mass is 448 g/mol. The number of nitrogens with zero attached hydrogens (tertiary/aromatic N) is 3. The molecular formula is C21H19F3N4O2S. The molecule has 1 fully saturated rings. The third-order valence-corrected chi connectivity index (χ3v) is 5.64. The number of aromatic nitrogens is 2. The van der Waals surface area contributed by atoms with Crippen LogP contribution in [0, 0.1) is 0 Å². The molecule has 0 saturated carbocycles. The molecule has 1 saturated heterocycles. The summed E-state index contributed by atoms with van der Waals surface area (Å²) in [6, 6.07) is 8.86. The van der Waals surface area contributed by atoms with E-state index >= 15 is 0 Å². The zero-order chi connectivity index (χ0) is 21.8. The third kappa shape index (κ3) is 5.20. The number of morpholine rings is 1. The molecule has 0 bridgehead atoms. The zero-order valence-corrected chi connectivity index (χ0v) is 17.2. The Kier molecular flexibility index (Phi) is 6.19. The van der Waals surface area contributed by atoms with Crippen LogP contribution in [0.25, 0.3) is 10.7 Å². The fraction of sp³-hybridized carbons (Fsp3) is 0.286. The highest BCUT2D eigenvalue weighted by molar-refractivity contribution is 7.13. The Morgan fingerprint density at radius 3 is 2.71 bits per heavy atom. The highest BCUT2D eigenvalue weighted by Crippen LogP contribution is 2.36. The Morgan fingerprint density at radius 1 is 1.19 bits per heavy atom. The van der Waals surface area contributed by atoms with E-state index in [1.807, 2.05) is 17.0 Å². The van der Waals surface area contributed by atoms with Gasteiger partial charge in [0.05, 0.1) is 48.0 Å². The molecule has 0 radical (unpaired) electrons. The van der Waals surface area contributed by atoms with Crippen molar-refractivity contribution in [3.63, 3.8) is 0 Å². The minimum Gasteiger partial charge on any atom is -0.378 e. The third-order valence-electron chi connectivity index (χ3n) is 4.73. The van der Waals surface area contributed by atoms with Gasteiger partial charge in [-0.25, -0.2) is 4.98 Å². The van der Waals surface area contributed by atoms with Crippen LogP contribution in [-0.4, -0.2) is 42.2 Å². The van der Waals surface area contributed by atoms with E-state index in [0.717, 1.165) is 12.1 Å². The maximum absolute atomic E-state index is 13.2. The second-order valence-corrected chi connectivity index (χ2v) is 7.77. The molecule has 1 N–H and O–H groups in total. The lowest BCUT2D eigenvalue weighted by Gasteiger charge is -2.31. The number of nitrogens with one attached hydrogen (secondary N) is 1. The number of hydrogen-bond acceptors (Lipinski definition) is 6. The van der Waals surface area contributed by atoms with Crippen molar-refractivity contribution in [3.05, 3.63) is 59.2 Å². The molecule has 0 unspecified atom stereocenters. The summed E-state index contributed by atoms with van der Waals surface area (Å²) < 4.78 is 45.0. The molecule has 1 aromatic carbocycles. The maximum Gasteiger partial charge on any atom is 0.416 e. The van der Waals surface area contributed by atoms with Crippen LogP contribution >= 0.6 is 11.3 Å². The molecule has 162 valence electrons. The van der Waals surface area contributed by atoms with Gasteiger partial charge < -0.3 is 15.0 Å². The van der Waals surface area contributed by atoms with Crippen molar-refractivity contribution in [1.82, 2.24) is 9.97 Å². The van der Waals surface area contributed by atoms with Crippen LogP contribution in [0.4, 0.5) is 24.5 Å². The average molecular weight is 448 g/mol. The first kappa shape index (κ1) is 21.3. The molecule has 6 nitrogen and oxygen atoms in total. The molecule has 1 aliphatic heterocycles. The number of ether oxygens (including phenoxy) is 1. The molecule has 1 amide bonds. The Morgan fingerprint density at radius 2 is 2.00 bits per heavy atom. The van der Waals surface area contributed by atoms with Crippen LogP contribution in [0.2, 0.25) is 0 Å². The van der Waals surface area contributed by atoms with Crippen molar-refractivity contribution in [1.29, 1.82) is 0 Å². The molecule has 31 heavy (non-hydrogen) atoms. The second kappa shape index (κ2) is 9.03. The fourth-order valence-corrected chi connectivity index (χ4v) is 4.04. The molecular weight excluding hydrogens is 429 g/mol. The number of carbonyl (C=O) groups excluding carboxylic acids is 1. The van der Waals surface area contributed by atoms with Gasteiger partial charge >= 0.3 is 6.18 Å². The number of halogens is 3. The van der Waals surface area contributed by atoms with E-state index in [2.05, 4.69) is 15.3 Å². The van der Waals surface area contributed by atoms with Crippen molar-refractivity contribution in [2.24, 2.45) is 0 Å². The number of carbonyl (C=O) groups is 1. The van der Waals surface area contributed by atoms with Crippen LogP contribution in [0.3, 0.4) is 0 Å².